The highest BCUT2D eigenvalue weighted by Crippen LogP contribution is 2.16. The van der Waals surface area contributed by atoms with Crippen LogP contribution in [-0.4, -0.2) is 23.3 Å². The minimum Gasteiger partial charge on any atom is -0.361 e. The van der Waals surface area contributed by atoms with Gasteiger partial charge in [-0.15, -0.1) is 11.6 Å². The first-order valence-corrected chi connectivity index (χ1v) is 5.72. The van der Waals surface area contributed by atoms with Crippen LogP contribution in [0.2, 0.25) is 0 Å². The highest BCUT2D eigenvalue weighted by Gasteiger charge is 2.02. The Morgan fingerprint density at radius 2 is 2.25 bits per heavy atom. The van der Waals surface area contributed by atoms with Crippen molar-refractivity contribution in [3.05, 3.63) is 36.0 Å². The van der Waals surface area contributed by atoms with Crippen LogP contribution in [0.15, 0.2) is 30.5 Å². The lowest BCUT2D eigenvalue weighted by atomic mass is 10.1. The Hall–Kier alpha value is -1.48. The van der Waals surface area contributed by atoms with Gasteiger partial charge in [-0.2, -0.15) is 0 Å². The predicted molar refractivity (Wildman–Crippen MR) is 65.7 cm³/mol. The Labute approximate surface area is 98.8 Å². The molecule has 0 saturated heterocycles. The molecule has 0 spiro atoms. The Balaban J connectivity index is 2.04. The van der Waals surface area contributed by atoms with Crippen molar-refractivity contribution < 1.29 is 4.79 Å². The van der Waals surface area contributed by atoms with E-state index in [0.717, 1.165) is 11.9 Å². The van der Waals surface area contributed by atoms with E-state index in [-0.39, 0.29) is 11.8 Å². The minimum absolute atomic E-state index is 0.0205. The SMILES string of the molecule is O=C(CCl)NCCc1cccc2cc[nH]c12. The van der Waals surface area contributed by atoms with Gasteiger partial charge in [-0.1, -0.05) is 18.2 Å². The predicted octanol–water partition coefficient (Wildman–Crippen LogP) is 2.07. The van der Waals surface area contributed by atoms with E-state index in [1.54, 1.807) is 0 Å². The molecule has 0 saturated carbocycles. The molecule has 1 aromatic carbocycles. The fourth-order valence-electron chi connectivity index (χ4n) is 1.74. The molecule has 4 heteroatoms. The number of amides is 1. The van der Waals surface area contributed by atoms with E-state index in [1.807, 2.05) is 18.3 Å². The molecule has 2 aromatic rings. The smallest absolute Gasteiger partial charge is 0.234 e. The molecule has 1 aromatic heterocycles. The van der Waals surface area contributed by atoms with E-state index in [2.05, 4.69) is 22.4 Å². The van der Waals surface area contributed by atoms with Crippen molar-refractivity contribution in [2.45, 2.75) is 6.42 Å². The third-order valence-electron chi connectivity index (χ3n) is 2.51. The number of rotatable bonds is 4. The Morgan fingerprint density at radius 3 is 3.06 bits per heavy atom. The summed E-state index contributed by atoms with van der Waals surface area (Å²) in [6, 6.07) is 8.18. The second kappa shape index (κ2) is 5.03. The van der Waals surface area contributed by atoms with Crippen LogP contribution in [0.3, 0.4) is 0 Å². The van der Waals surface area contributed by atoms with Crippen LogP contribution in [0, 0.1) is 0 Å². The van der Waals surface area contributed by atoms with Crippen LogP contribution >= 0.6 is 11.6 Å². The number of H-pyrrole nitrogens is 1. The Bertz CT molecular complexity index is 492. The number of hydrogen-bond acceptors (Lipinski definition) is 1. The number of fused-ring (bicyclic) bond motifs is 1. The second-order valence-electron chi connectivity index (χ2n) is 3.59. The fraction of sp³-hybridized carbons (Fsp3) is 0.250. The number of benzene rings is 1. The standard InChI is InChI=1S/C12H13ClN2O/c13-8-11(16)14-6-4-9-2-1-3-10-5-7-15-12(9)10/h1-3,5,7,15H,4,6,8H2,(H,14,16). The van der Waals surface area contributed by atoms with Crippen molar-refractivity contribution in [3.63, 3.8) is 0 Å². The van der Waals surface area contributed by atoms with Gasteiger partial charge in [0.25, 0.3) is 0 Å². The maximum absolute atomic E-state index is 11.0. The number of para-hydroxylation sites is 1. The molecule has 1 amide bonds. The van der Waals surface area contributed by atoms with Crippen molar-refractivity contribution in [1.29, 1.82) is 0 Å². The van der Waals surface area contributed by atoms with Crippen LogP contribution in [0.4, 0.5) is 0 Å². The van der Waals surface area contributed by atoms with Gasteiger partial charge in [0.2, 0.25) is 5.91 Å². The van der Waals surface area contributed by atoms with Crippen LogP contribution in [0.25, 0.3) is 10.9 Å². The van der Waals surface area contributed by atoms with Crippen LogP contribution in [-0.2, 0) is 11.2 Å². The first-order valence-electron chi connectivity index (χ1n) is 5.19. The maximum Gasteiger partial charge on any atom is 0.234 e. The van der Waals surface area contributed by atoms with Gasteiger partial charge in [-0.3, -0.25) is 4.79 Å². The van der Waals surface area contributed by atoms with E-state index < -0.39 is 0 Å². The number of nitrogens with one attached hydrogen (secondary N) is 2. The zero-order valence-electron chi connectivity index (χ0n) is 8.79. The average Bonchev–Trinajstić information content (AvgIpc) is 2.77. The van der Waals surface area contributed by atoms with Gasteiger partial charge in [0, 0.05) is 18.3 Å². The van der Waals surface area contributed by atoms with Crippen molar-refractivity contribution >= 4 is 28.4 Å². The first kappa shape index (κ1) is 11.0. The lowest BCUT2D eigenvalue weighted by Gasteiger charge is -2.04. The summed E-state index contributed by atoms with van der Waals surface area (Å²) >= 11 is 5.39. The minimum atomic E-state index is -0.125. The monoisotopic (exact) mass is 236 g/mol. The fourth-order valence-corrected chi connectivity index (χ4v) is 1.84. The van der Waals surface area contributed by atoms with Gasteiger partial charge >= 0.3 is 0 Å². The maximum atomic E-state index is 11.0. The van der Waals surface area contributed by atoms with Crippen LogP contribution < -0.4 is 5.32 Å². The molecule has 0 aliphatic rings. The molecule has 0 atom stereocenters. The van der Waals surface area contributed by atoms with Gasteiger partial charge in [-0.25, -0.2) is 0 Å². The summed E-state index contributed by atoms with van der Waals surface area (Å²) in [5, 5.41) is 3.95. The molecule has 2 N–H and O–H groups in total. The summed E-state index contributed by atoms with van der Waals surface area (Å²) in [6.07, 6.45) is 2.73. The Morgan fingerprint density at radius 1 is 1.38 bits per heavy atom. The third kappa shape index (κ3) is 2.36. The molecule has 3 nitrogen and oxygen atoms in total. The summed E-state index contributed by atoms with van der Waals surface area (Å²) in [5.41, 5.74) is 2.35. The van der Waals surface area contributed by atoms with Gasteiger partial charge < -0.3 is 10.3 Å². The Kier molecular flexibility index (Phi) is 3.47. The highest BCUT2D eigenvalue weighted by atomic mass is 35.5. The summed E-state index contributed by atoms with van der Waals surface area (Å²) in [5.74, 6) is -0.104. The van der Waals surface area contributed by atoms with E-state index >= 15 is 0 Å². The summed E-state index contributed by atoms with van der Waals surface area (Å²) in [7, 11) is 0. The average molecular weight is 237 g/mol. The zero-order chi connectivity index (χ0) is 11.4. The molecule has 0 radical (unpaired) electrons. The molecular formula is C12H13ClN2O. The molecule has 0 fully saturated rings. The van der Waals surface area contributed by atoms with Gasteiger partial charge in [0.15, 0.2) is 0 Å². The van der Waals surface area contributed by atoms with E-state index in [1.165, 1.54) is 10.9 Å². The number of hydrogen-bond donors (Lipinski definition) is 2. The lowest BCUT2D eigenvalue weighted by molar-refractivity contribution is -0.118. The van der Waals surface area contributed by atoms with E-state index in [0.29, 0.717) is 6.54 Å². The number of halogens is 1. The molecule has 0 unspecified atom stereocenters. The quantitative estimate of drug-likeness (QED) is 0.785. The molecule has 2 rings (SSSR count). The molecule has 84 valence electrons. The molecule has 0 aliphatic heterocycles. The zero-order valence-corrected chi connectivity index (χ0v) is 9.55. The van der Waals surface area contributed by atoms with Crippen LogP contribution in [0.1, 0.15) is 5.56 Å². The third-order valence-corrected chi connectivity index (χ3v) is 2.75. The second-order valence-corrected chi connectivity index (χ2v) is 3.86. The molecule has 0 bridgehead atoms. The summed E-state index contributed by atoms with van der Waals surface area (Å²) in [6.45, 7) is 0.615. The first-order chi connectivity index (χ1) is 7.81. The van der Waals surface area contributed by atoms with Crippen molar-refractivity contribution in [3.8, 4) is 0 Å². The molecule has 1 heterocycles. The van der Waals surface area contributed by atoms with Crippen molar-refractivity contribution in [2.24, 2.45) is 0 Å². The topological polar surface area (TPSA) is 44.9 Å². The normalized spacial score (nSPS) is 10.6. The number of aromatic amines is 1. The molecule has 16 heavy (non-hydrogen) atoms. The number of carbonyl (C=O) groups excluding carboxylic acids is 1. The lowest BCUT2D eigenvalue weighted by Crippen LogP contribution is -2.26. The van der Waals surface area contributed by atoms with Crippen molar-refractivity contribution in [2.75, 3.05) is 12.4 Å². The molecular weight excluding hydrogens is 224 g/mol. The van der Waals surface area contributed by atoms with Crippen molar-refractivity contribution in [1.82, 2.24) is 10.3 Å². The number of alkyl halides is 1. The summed E-state index contributed by atoms with van der Waals surface area (Å²) < 4.78 is 0. The van der Waals surface area contributed by atoms with Crippen LogP contribution in [0.5, 0.6) is 0 Å². The van der Waals surface area contributed by atoms with Gasteiger partial charge in [0.1, 0.15) is 5.88 Å². The largest absolute Gasteiger partial charge is 0.361 e. The van der Waals surface area contributed by atoms with Gasteiger partial charge in [0.05, 0.1) is 0 Å². The van der Waals surface area contributed by atoms with Gasteiger partial charge in [-0.05, 0) is 23.4 Å². The molecule has 0 aliphatic carbocycles. The number of aromatic nitrogens is 1. The van der Waals surface area contributed by atoms with E-state index in [4.69, 9.17) is 11.6 Å². The summed E-state index contributed by atoms with van der Waals surface area (Å²) in [4.78, 5) is 14.2. The number of carbonyl (C=O) groups is 1. The highest BCUT2D eigenvalue weighted by molar-refractivity contribution is 6.27. The van der Waals surface area contributed by atoms with E-state index in [9.17, 15) is 4.79 Å².